The molecule has 0 radical (unpaired) electrons. The van der Waals surface area contributed by atoms with E-state index in [1.54, 1.807) is 24.1 Å². The number of nitrogens with one attached hydrogen (secondary N) is 1. The number of aromatic nitrogens is 2. The van der Waals surface area contributed by atoms with E-state index in [4.69, 9.17) is 5.73 Å². The Morgan fingerprint density at radius 1 is 1.50 bits per heavy atom. The monoisotopic (exact) mass is 244 g/mol. The molecule has 1 unspecified atom stereocenters. The molecule has 1 atom stereocenters. The van der Waals surface area contributed by atoms with Crippen LogP contribution >= 0.6 is 0 Å². The highest BCUT2D eigenvalue weighted by Crippen LogP contribution is 2.14. The lowest BCUT2D eigenvalue weighted by Crippen LogP contribution is -2.27. The van der Waals surface area contributed by atoms with Crippen LogP contribution in [-0.4, -0.2) is 15.7 Å². The summed E-state index contributed by atoms with van der Waals surface area (Å²) in [6, 6.07) is 6.88. The summed E-state index contributed by atoms with van der Waals surface area (Å²) in [6.45, 7) is 1.97. The third-order valence-electron chi connectivity index (χ3n) is 2.65. The van der Waals surface area contributed by atoms with Gasteiger partial charge in [0.1, 0.15) is 6.04 Å². The topological polar surface area (TPSA) is 72.9 Å². The van der Waals surface area contributed by atoms with Crippen LogP contribution in [0.1, 0.15) is 17.2 Å². The lowest BCUT2D eigenvalue weighted by Gasteiger charge is -2.10. The number of aryl methyl sites for hydroxylation is 2. The largest absolute Gasteiger partial charge is 0.324 e. The molecule has 0 bridgehead atoms. The molecule has 1 aromatic heterocycles. The van der Waals surface area contributed by atoms with Crippen molar-refractivity contribution in [2.45, 2.75) is 13.0 Å². The van der Waals surface area contributed by atoms with Crippen molar-refractivity contribution in [3.8, 4) is 0 Å². The van der Waals surface area contributed by atoms with Gasteiger partial charge in [-0.1, -0.05) is 12.1 Å². The summed E-state index contributed by atoms with van der Waals surface area (Å²) < 4.78 is 1.62. The Bertz CT molecular complexity index is 562. The van der Waals surface area contributed by atoms with Gasteiger partial charge < -0.3 is 11.1 Å². The number of benzene rings is 1. The zero-order valence-electron chi connectivity index (χ0n) is 10.4. The lowest BCUT2D eigenvalue weighted by atomic mass is 10.1. The molecule has 0 spiro atoms. The third kappa shape index (κ3) is 2.75. The van der Waals surface area contributed by atoms with E-state index in [1.807, 2.05) is 31.2 Å². The molecule has 1 amide bonds. The minimum Gasteiger partial charge on any atom is -0.324 e. The Kier molecular flexibility index (Phi) is 3.43. The summed E-state index contributed by atoms with van der Waals surface area (Å²) >= 11 is 0. The molecular formula is C13H16N4O. The van der Waals surface area contributed by atoms with E-state index < -0.39 is 6.04 Å². The van der Waals surface area contributed by atoms with E-state index in [2.05, 4.69) is 10.4 Å². The van der Waals surface area contributed by atoms with E-state index in [-0.39, 0.29) is 5.91 Å². The highest BCUT2D eigenvalue weighted by Gasteiger charge is 2.17. The molecule has 18 heavy (non-hydrogen) atoms. The SMILES string of the molecule is Cc1cccc(NC(=O)C(N)c2cnn(C)c2)c1. The predicted octanol–water partition coefficient (Wildman–Crippen LogP) is 1.37. The molecule has 0 saturated heterocycles. The van der Waals surface area contributed by atoms with Crippen LogP contribution in [0.25, 0.3) is 0 Å². The Hall–Kier alpha value is -2.14. The summed E-state index contributed by atoms with van der Waals surface area (Å²) in [7, 11) is 1.79. The Morgan fingerprint density at radius 2 is 2.28 bits per heavy atom. The highest BCUT2D eigenvalue weighted by molar-refractivity contribution is 5.95. The number of carbonyl (C=O) groups excluding carboxylic acids is 1. The summed E-state index contributed by atoms with van der Waals surface area (Å²) in [5, 5.41) is 6.79. The molecule has 0 fully saturated rings. The molecule has 5 heteroatoms. The van der Waals surface area contributed by atoms with E-state index in [9.17, 15) is 4.79 Å². The fourth-order valence-corrected chi connectivity index (χ4v) is 1.69. The molecule has 0 saturated carbocycles. The van der Waals surface area contributed by atoms with E-state index in [1.165, 1.54) is 0 Å². The Morgan fingerprint density at radius 3 is 2.89 bits per heavy atom. The van der Waals surface area contributed by atoms with E-state index in [0.717, 1.165) is 11.3 Å². The number of hydrogen-bond donors (Lipinski definition) is 2. The first kappa shape index (κ1) is 12.3. The zero-order chi connectivity index (χ0) is 13.1. The van der Waals surface area contributed by atoms with Crippen molar-refractivity contribution in [3.63, 3.8) is 0 Å². The van der Waals surface area contributed by atoms with E-state index >= 15 is 0 Å². The average molecular weight is 244 g/mol. The van der Waals surface area contributed by atoms with Crippen molar-refractivity contribution in [2.75, 3.05) is 5.32 Å². The van der Waals surface area contributed by atoms with E-state index in [0.29, 0.717) is 5.56 Å². The first-order valence-electron chi connectivity index (χ1n) is 5.68. The quantitative estimate of drug-likeness (QED) is 0.856. The van der Waals surface area contributed by atoms with Crippen molar-refractivity contribution in [2.24, 2.45) is 12.8 Å². The van der Waals surface area contributed by atoms with Gasteiger partial charge in [0.05, 0.1) is 6.20 Å². The van der Waals surface area contributed by atoms with Gasteiger partial charge in [-0.15, -0.1) is 0 Å². The molecule has 2 aromatic rings. The number of anilines is 1. The minimum absolute atomic E-state index is 0.242. The molecule has 2 rings (SSSR count). The second-order valence-electron chi connectivity index (χ2n) is 4.28. The smallest absolute Gasteiger partial charge is 0.246 e. The first-order valence-corrected chi connectivity index (χ1v) is 5.68. The van der Waals surface area contributed by atoms with Crippen molar-refractivity contribution >= 4 is 11.6 Å². The van der Waals surface area contributed by atoms with Crippen molar-refractivity contribution in [1.82, 2.24) is 9.78 Å². The standard InChI is InChI=1S/C13H16N4O/c1-9-4-3-5-11(6-9)16-13(18)12(14)10-7-15-17(2)8-10/h3-8,12H,14H2,1-2H3,(H,16,18). The molecule has 5 nitrogen and oxygen atoms in total. The molecule has 1 aromatic carbocycles. The van der Waals surface area contributed by atoms with Crippen LogP contribution in [0.15, 0.2) is 36.7 Å². The summed E-state index contributed by atoms with van der Waals surface area (Å²) in [4.78, 5) is 12.0. The number of nitrogens with zero attached hydrogens (tertiary/aromatic N) is 2. The van der Waals surface area contributed by atoms with Crippen molar-refractivity contribution < 1.29 is 4.79 Å². The lowest BCUT2D eigenvalue weighted by molar-refractivity contribution is -0.117. The van der Waals surface area contributed by atoms with Crippen LogP contribution in [0, 0.1) is 6.92 Å². The van der Waals surface area contributed by atoms with Gasteiger partial charge in [-0.25, -0.2) is 0 Å². The molecule has 0 aliphatic carbocycles. The van der Waals surface area contributed by atoms with Gasteiger partial charge in [-0.3, -0.25) is 9.48 Å². The number of amides is 1. The van der Waals surface area contributed by atoms with Crippen molar-refractivity contribution in [3.05, 3.63) is 47.8 Å². The van der Waals surface area contributed by atoms with Gasteiger partial charge in [0.25, 0.3) is 0 Å². The van der Waals surface area contributed by atoms with Crippen LogP contribution in [0.3, 0.4) is 0 Å². The van der Waals surface area contributed by atoms with Crippen LogP contribution in [0.5, 0.6) is 0 Å². The normalized spacial score (nSPS) is 12.2. The second-order valence-corrected chi connectivity index (χ2v) is 4.28. The zero-order valence-corrected chi connectivity index (χ0v) is 10.4. The van der Waals surface area contributed by atoms with Gasteiger partial charge >= 0.3 is 0 Å². The Labute approximate surface area is 106 Å². The summed E-state index contributed by atoms with van der Waals surface area (Å²) in [5.41, 5.74) is 8.40. The van der Waals surface area contributed by atoms with Crippen molar-refractivity contribution in [1.29, 1.82) is 0 Å². The fraction of sp³-hybridized carbons (Fsp3) is 0.231. The number of nitrogens with two attached hydrogens (primary N) is 1. The summed E-state index contributed by atoms with van der Waals surface area (Å²) in [5.74, 6) is -0.242. The molecule has 3 N–H and O–H groups in total. The van der Waals surface area contributed by atoms with Gasteiger partial charge in [-0.2, -0.15) is 5.10 Å². The molecule has 0 aliphatic heterocycles. The second kappa shape index (κ2) is 5.01. The van der Waals surface area contributed by atoms with Gasteiger partial charge in [0.15, 0.2) is 0 Å². The summed E-state index contributed by atoms with van der Waals surface area (Å²) in [6.07, 6.45) is 3.33. The highest BCUT2D eigenvalue weighted by atomic mass is 16.2. The number of rotatable bonds is 3. The maximum Gasteiger partial charge on any atom is 0.246 e. The maximum absolute atomic E-state index is 12.0. The first-order chi connectivity index (χ1) is 8.56. The fourth-order valence-electron chi connectivity index (χ4n) is 1.69. The third-order valence-corrected chi connectivity index (χ3v) is 2.65. The molecule has 0 aliphatic rings. The van der Waals surface area contributed by atoms with Crippen LogP contribution in [-0.2, 0) is 11.8 Å². The number of carbonyl (C=O) groups is 1. The maximum atomic E-state index is 12.0. The van der Waals surface area contributed by atoms with Gasteiger partial charge in [0, 0.05) is 24.5 Å². The van der Waals surface area contributed by atoms with Gasteiger partial charge in [-0.05, 0) is 24.6 Å². The molecule has 94 valence electrons. The number of hydrogen-bond acceptors (Lipinski definition) is 3. The molecular weight excluding hydrogens is 228 g/mol. The van der Waals surface area contributed by atoms with Crippen LogP contribution in [0.2, 0.25) is 0 Å². The predicted molar refractivity (Wildman–Crippen MR) is 69.9 cm³/mol. The van der Waals surface area contributed by atoms with Crippen LogP contribution in [0.4, 0.5) is 5.69 Å². The average Bonchev–Trinajstić information content (AvgIpc) is 2.75. The molecule has 1 heterocycles. The van der Waals surface area contributed by atoms with Gasteiger partial charge in [0.2, 0.25) is 5.91 Å². The Balaban J connectivity index is 2.08. The van der Waals surface area contributed by atoms with Crippen LogP contribution < -0.4 is 11.1 Å². The minimum atomic E-state index is -0.709.